The van der Waals surface area contributed by atoms with Crippen LogP contribution in [0.2, 0.25) is 0 Å². The van der Waals surface area contributed by atoms with Crippen molar-refractivity contribution in [3.8, 4) is 0 Å². The maximum Gasteiger partial charge on any atom is 0.293 e. The van der Waals surface area contributed by atoms with Crippen LogP contribution in [0.3, 0.4) is 0 Å². The third kappa shape index (κ3) is 2.74. The molecule has 1 heterocycles. The highest BCUT2D eigenvalue weighted by Gasteiger charge is 2.27. The largest absolute Gasteiger partial charge is 0.366 e. The molecule has 6 nitrogen and oxygen atoms in total. The zero-order valence-electron chi connectivity index (χ0n) is 11.5. The van der Waals surface area contributed by atoms with E-state index < -0.39 is 10.8 Å². The minimum absolute atomic E-state index is 0.0401. The van der Waals surface area contributed by atoms with Crippen molar-refractivity contribution in [2.24, 2.45) is 5.73 Å². The normalized spacial score (nSPS) is 18.9. The second-order valence-electron chi connectivity index (χ2n) is 5.08. The maximum absolute atomic E-state index is 11.3. The number of hydrogen-bond donors (Lipinski definition) is 1. The van der Waals surface area contributed by atoms with E-state index in [2.05, 4.69) is 11.8 Å². The molecule has 2 N–H and O–H groups in total. The molecule has 0 unspecified atom stereocenters. The number of rotatable bonds is 4. The number of hydrogen-bond acceptors (Lipinski definition) is 4. The molecule has 108 valence electrons. The minimum atomic E-state index is -0.648. The fourth-order valence-corrected chi connectivity index (χ4v) is 2.81. The lowest BCUT2D eigenvalue weighted by atomic mass is 9.98. The number of primary amides is 1. The van der Waals surface area contributed by atoms with Crippen LogP contribution in [0.5, 0.6) is 0 Å². The van der Waals surface area contributed by atoms with Crippen molar-refractivity contribution >= 4 is 17.3 Å². The molecule has 6 heteroatoms. The highest BCUT2D eigenvalue weighted by molar-refractivity contribution is 5.94. The van der Waals surface area contributed by atoms with Gasteiger partial charge in [0.15, 0.2) is 0 Å². The fraction of sp³-hybridized carbons (Fsp3) is 0.500. The van der Waals surface area contributed by atoms with Gasteiger partial charge in [-0.15, -0.1) is 0 Å². The first kappa shape index (κ1) is 14.3. The molecule has 2 rings (SSSR count). The molecule has 1 aromatic rings. The second-order valence-corrected chi connectivity index (χ2v) is 5.08. The summed E-state index contributed by atoms with van der Waals surface area (Å²) in [5, 5.41) is 11.3. The average molecular weight is 277 g/mol. The monoisotopic (exact) mass is 277 g/mol. The number of anilines is 1. The number of benzene rings is 1. The van der Waals surface area contributed by atoms with Crippen LogP contribution in [0.1, 0.15) is 43.0 Å². The highest BCUT2D eigenvalue weighted by atomic mass is 16.6. The van der Waals surface area contributed by atoms with Crippen LogP contribution < -0.4 is 10.6 Å². The lowest BCUT2D eigenvalue weighted by Crippen LogP contribution is -2.39. The number of carbonyl (C=O) groups is 1. The van der Waals surface area contributed by atoms with Gasteiger partial charge in [0.1, 0.15) is 5.69 Å². The molecular formula is C14H19N3O3. The molecule has 1 saturated heterocycles. The summed E-state index contributed by atoms with van der Waals surface area (Å²) in [5.41, 5.74) is 5.91. The van der Waals surface area contributed by atoms with Gasteiger partial charge in [-0.1, -0.05) is 6.92 Å². The van der Waals surface area contributed by atoms with Gasteiger partial charge in [0.05, 0.1) is 4.92 Å². The molecule has 0 radical (unpaired) electrons. The van der Waals surface area contributed by atoms with Gasteiger partial charge in [0.2, 0.25) is 5.91 Å². The minimum Gasteiger partial charge on any atom is -0.366 e. The van der Waals surface area contributed by atoms with Crippen molar-refractivity contribution in [2.45, 2.75) is 38.6 Å². The van der Waals surface area contributed by atoms with Gasteiger partial charge in [-0.2, -0.15) is 0 Å². The van der Waals surface area contributed by atoms with E-state index in [0.717, 1.165) is 32.2 Å². The summed E-state index contributed by atoms with van der Waals surface area (Å²) in [7, 11) is 0. The van der Waals surface area contributed by atoms with Gasteiger partial charge < -0.3 is 10.6 Å². The van der Waals surface area contributed by atoms with E-state index in [9.17, 15) is 14.9 Å². The van der Waals surface area contributed by atoms with Crippen LogP contribution in [-0.4, -0.2) is 23.4 Å². The zero-order valence-corrected chi connectivity index (χ0v) is 11.5. The first-order valence-corrected chi connectivity index (χ1v) is 6.89. The number of nitrogens with zero attached hydrogens (tertiary/aromatic N) is 2. The van der Waals surface area contributed by atoms with Gasteiger partial charge in [-0.3, -0.25) is 14.9 Å². The second kappa shape index (κ2) is 5.90. The Morgan fingerprint density at radius 3 is 2.85 bits per heavy atom. The predicted octanol–water partition coefficient (Wildman–Crippen LogP) is 2.46. The number of amides is 1. The summed E-state index contributed by atoms with van der Waals surface area (Å²) in [6, 6.07) is 4.80. The summed E-state index contributed by atoms with van der Waals surface area (Å²) >= 11 is 0. The zero-order chi connectivity index (χ0) is 14.7. The van der Waals surface area contributed by atoms with Crippen LogP contribution in [0.4, 0.5) is 11.4 Å². The standard InChI is InChI=1S/C14H19N3O3/c1-2-11-5-3-4-8-16(11)12-7-6-10(14(15)18)9-13(12)17(19)20/h6-7,9,11H,2-5,8H2,1H3,(H2,15,18)/t11-/m1/s1. The Hall–Kier alpha value is -2.11. The Morgan fingerprint density at radius 1 is 1.50 bits per heavy atom. The quantitative estimate of drug-likeness (QED) is 0.676. The molecule has 0 aliphatic carbocycles. The number of piperidine rings is 1. The summed E-state index contributed by atoms with van der Waals surface area (Å²) in [5.74, 6) is -0.648. The first-order chi connectivity index (χ1) is 9.54. The smallest absolute Gasteiger partial charge is 0.293 e. The summed E-state index contributed by atoms with van der Waals surface area (Å²) in [6.45, 7) is 2.90. The van der Waals surface area contributed by atoms with Crippen molar-refractivity contribution in [2.75, 3.05) is 11.4 Å². The Kier molecular flexibility index (Phi) is 4.22. The van der Waals surface area contributed by atoms with Gasteiger partial charge >= 0.3 is 0 Å². The molecule has 1 fully saturated rings. The van der Waals surface area contributed by atoms with E-state index in [1.807, 2.05) is 0 Å². The molecule has 0 bridgehead atoms. The van der Waals surface area contributed by atoms with Gasteiger partial charge in [0.25, 0.3) is 5.69 Å². The molecule has 1 aliphatic heterocycles. The van der Waals surface area contributed by atoms with Gasteiger partial charge in [-0.05, 0) is 37.8 Å². The van der Waals surface area contributed by atoms with E-state index >= 15 is 0 Å². The Labute approximate surface area is 117 Å². The molecule has 1 amide bonds. The number of carbonyl (C=O) groups excluding carboxylic acids is 1. The lowest BCUT2D eigenvalue weighted by Gasteiger charge is -2.36. The number of nitro groups is 1. The molecular weight excluding hydrogens is 258 g/mol. The van der Waals surface area contributed by atoms with Gasteiger partial charge in [-0.25, -0.2) is 0 Å². The summed E-state index contributed by atoms with van der Waals surface area (Å²) < 4.78 is 0. The van der Waals surface area contributed by atoms with Crippen molar-refractivity contribution in [3.05, 3.63) is 33.9 Å². The molecule has 0 saturated carbocycles. The van der Waals surface area contributed by atoms with Crippen LogP contribution in [0.25, 0.3) is 0 Å². The third-order valence-corrected chi connectivity index (χ3v) is 3.86. The van der Waals surface area contributed by atoms with Crippen LogP contribution >= 0.6 is 0 Å². The van der Waals surface area contributed by atoms with Crippen molar-refractivity contribution in [1.82, 2.24) is 0 Å². The highest BCUT2D eigenvalue weighted by Crippen LogP contribution is 2.34. The van der Waals surface area contributed by atoms with E-state index in [1.165, 1.54) is 6.07 Å². The van der Waals surface area contributed by atoms with E-state index in [-0.39, 0.29) is 11.3 Å². The Bertz CT molecular complexity index is 530. The average Bonchev–Trinajstić information content (AvgIpc) is 2.46. The molecule has 1 atom stereocenters. The maximum atomic E-state index is 11.3. The third-order valence-electron chi connectivity index (χ3n) is 3.86. The van der Waals surface area contributed by atoms with Crippen molar-refractivity contribution < 1.29 is 9.72 Å². The first-order valence-electron chi connectivity index (χ1n) is 6.89. The molecule has 1 aliphatic rings. The SMILES string of the molecule is CC[C@@H]1CCCCN1c1ccc(C(N)=O)cc1[N+](=O)[O-]. The molecule has 20 heavy (non-hydrogen) atoms. The Morgan fingerprint density at radius 2 is 2.25 bits per heavy atom. The molecule has 0 spiro atoms. The molecule has 1 aromatic carbocycles. The van der Waals surface area contributed by atoms with Crippen LogP contribution in [0, 0.1) is 10.1 Å². The fourth-order valence-electron chi connectivity index (χ4n) is 2.81. The summed E-state index contributed by atoms with van der Waals surface area (Å²) in [6.07, 6.45) is 4.19. The van der Waals surface area contributed by atoms with Crippen molar-refractivity contribution in [3.63, 3.8) is 0 Å². The van der Waals surface area contributed by atoms with E-state index in [1.54, 1.807) is 12.1 Å². The van der Waals surface area contributed by atoms with Crippen LogP contribution in [0.15, 0.2) is 18.2 Å². The van der Waals surface area contributed by atoms with Crippen LogP contribution in [-0.2, 0) is 0 Å². The number of nitrogens with two attached hydrogens (primary N) is 1. The topological polar surface area (TPSA) is 89.5 Å². The number of nitro benzene ring substituents is 1. The van der Waals surface area contributed by atoms with Gasteiger partial charge in [0, 0.05) is 24.2 Å². The van der Waals surface area contributed by atoms with Crippen molar-refractivity contribution in [1.29, 1.82) is 0 Å². The lowest BCUT2D eigenvalue weighted by molar-refractivity contribution is -0.384. The molecule has 0 aromatic heterocycles. The predicted molar refractivity (Wildman–Crippen MR) is 76.9 cm³/mol. The Balaban J connectivity index is 2.44. The van der Waals surface area contributed by atoms with E-state index in [0.29, 0.717) is 11.7 Å². The van der Waals surface area contributed by atoms with E-state index in [4.69, 9.17) is 5.73 Å². The summed E-state index contributed by atoms with van der Waals surface area (Å²) in [4.78, 5) is 24.1.